The van der Waals surface area contributed by atoms with Gasteiger partial charge in [0, 0.05) is 0 Å². The Labute approximate surface area is 105 Å². The van der Waals surface area contributed by atoms with Crippen LogP contribution in [0, 0.1) is 6.92 Å². The van der Waals surface area contributed by atoms with Crippen LogP contribution in [0.1, 0.15) is 42.8 Å². The molecule has 2 heteroatoms. The maximum Gasteiger partial charge on any atom is 0.0782 e. The van der Waals surface area contributed by atoms with Gasteiger partial charge in [-0.2, -0.15) is 12.6 Å². The summed E-state index contributed by atoms with van der Waals surface area (Å²) in [7, 11) is 4.10. The highest BCUT2D eigenvalue weighted by molar-refractivity contribution is 7.80. The normalized spacial score (nSPS) is 14.2. The minimum absolute atomic E-state index is 0.175. The van der Waals surface area contributed by atoms with Crippen LogP contribution < -0.4 is 0 Å². The molecule has 0 radical (unpaired) electrons. The average Bonchev–Trinajstić information content (AvgIpc) is 2.15. The van der Waals surface area contributed by atoms with Gasteiger partial charge in [0.15, 0.2) is 0 Å². The van der Waals surface area contributed by atoms with Gasteiger partial charge in [0.05, 0.1) is 5.37 Å². The molecule has 0 fully saturated rings. The molecule has 1 unspecified atom stereocenters. The zero-order valence-electron chi connectivity index (χ0n) is 11.2. The monoisotopic (exact) mass is 237 g/mol. The Kier molecular flexibility index (Phi) is 4.08. The summed E-state index contributed by atoms with van der Waals surface area (Å²) in [4.78, 5) is 2.11. The van der Waals surface area contributed by atoms with Gasteiger partial charge in [0.1, 0.15) is 0 Å². The Morgan fingerprint density at radius 1 is 1.19 bits per heavy atom. The molecule has 0 heterocycles. The quantitative estimate of drug-likeness (QED) is 0.605. The second-order valence-corrected chi connectivity index (χ2v) is 6.15. The number of nitrogens with zero attached hydrogens (tertiary/aromatic N) is 1. The molecular formula is C14H23NS. The van der Waals surface area contributed by atoms with Crippen molar-refractivity contribution in [2.24, 2.45) is 0 Å². The zero-order chi connectivity index (χ0) is 12.5. The molecule has 1 rings (SSSR count). The van der Waals surface area contributed by atoms with E-state index in [0.29, 0.717) is 0 Å². The number of benzene rings is 1. The van der Waals surface area contributed by atoms with Crippen molar-refractivity contribution in [1.82, 2.24) is 4.90 Å². The molecule has 0 aromatic heterocycles. The van der Waals surface area contributed by atoms with Gasteiger partial charge in [-0.3, -0.25) is 4.90 Å². The molecule has 1 atom stereocenters. The molecule has 1 aromatic rings. The second kappa shape index (κ2) is 4.80. The number of thiol groups is 1. The van der Waals surface area contributed by atoms with Crippen molar-refractivity contribution in [3.05, 3.63) is 34.9 Å². The van der Waals surface area contributed by atoms with E-state index in [4.69, 9.17) is 0 Å². The van der Waals surface area contributed by atoms with E-state index < -0.39 is 0 Å². The van der Waals surface area contributed by atoms with E-state index in [9.17, 15) is 0 Å². The SMILES string of the molecule is Cc1cc(C(C)(C)C)ccc1C(S)N(C)C. The average molecular weight is 237 g/mol. The molecule has 0 aliphatic heterocycles. The van der Waals surface area contributed by atoms with Crippen LogP contribution in [0.25, 0.3) is 0 Å². The molecular weight excluding hydrogens is 214 g/mol. The van der Waals surface area contributed by atoms with E-state index in [1.54, 1.807) is 0 Å². The molecule has 16 heavy (non-hydrogen) atoms. The lowest BCUT2D eigenvalue weighted by Gasteiger charge is -2.24. The first kappa shape index (κ1) is 13.6. The van der Waals surface area contributed by atoms with Crippen LogP contribution in [0.3, 0.4) is 0 Å². The van der Waals surface area contributed by atoms with Crippen LogP contribution in [0.15, 0.2) is 18.2 Å². The second-order valence-electron chi connectivity index (χ2n) is 5.66. The number of aryl methyl sites for hydroxylation is 1. The predicted molar refractivity (Wildman–Crippen MR) is 75.3 cm³/mol. The number of hydrogen-bond acceptors (Lipinski definition) is 2. The summed E-state index contributed by atoms with van der Waals surface area (Å²) < 4.78 is 0. The Hall–Kier alpha value is -0.470. The zero-order valence-corrected chi connectivity index (χ0v) is 12.1. The molecule has 0 spiro atoms. The molecule has 0 saturated heterocycles. The summed E-state index contributed by atoms with van der Waals surface area (Å²) in [5.41, 5.74) is 4.21. The third-order valence-corrected chi connectivity index (χ3v) is 3.64. The van der Waals surface area contributed by atoms with Gasteiger partial charge < -0.3 is 0 Å². The van der Waals surface area contributed by atoms with E-state index in [0.717, 1.165) is 0 Å². The van der Waals surface area contributed by atoms with Crippen LogP contribution in [0.2, 0.25) is 0 Å². The van der Waals surface area contributed by atoms with Crippen molar-refractivity contribution in [1.29, 1.82) is 0 Å². The van der Waals surface area contributed by atoms with Gasteiger partial charge in [0.2, 0.25) is 0 Å². The summed E-state index contributed by atoms with van der Waals surface area (Å²) in [6.45, 7) is 8.89. The van der Waals surface area contributed by atoms with Crippen molar-refractivity contribution in [3.8, 4) is 0 Å². The van der Waals surface area contributed by atoms with Crippen LogP contribution in [-0.2, 0) is 5.41 Å². The first-order valence-corrected chi connectivity index (χ1v) is 6.20. The Morgan fingerprint density at radius 3 is 2.12 bits per heavy atom. The number of rotatable bonds is 2. The molecule has 1 nitrogen and oxygen atoms in total. The molecule has 0 aliphatic carbocycles. The topological polar surface area (TPSA) is 3.24 Å². The maximum atomic E-state index is 4.62. The smallest absolute Gasteiger partial charge is 0.0782 e. The third kappa shape index (κ3) is 3.02. The predicted octanol–water partition coefficient (Wildman–Crippen LogP) is 3.78. The fourth-order valence-corrected chi connectivity index (χ4v) is 2.00. The Morgan fingerprint density at radius 2 is 1.75 bits per heavy atom. The Balaban J connectivity index is 3.10. The van der Waals surface area contributed by atoms with Gasteiger partial charge in [-0.15, -0.1) is 0 Å². The van der Waals surface area contributed by atoms with Crippen molar-refractivity contribution in [2.75, 3.05) is 14.1 Å². The van der Waals surface area contributed by atoms with E-state index in [1.807, 2.05) is 0 Å². The lowest BCUT2D eigenvalue weighted by atomic mass is 9.85. The molecule has 0 aliphatic rings. The molecule has 90 valence electrons. The van der Waals surface area contributed by atoms with E-state index in [-0.39, 0.29) is 10.8 Å². The molecule has 0 amide bonds. The highest BCUT2D eigenvalue weighted by Crippen LogP contribution is 2.29. The van der Waals surface area contributed by atoms with Gasteiger partial charge in [-0.1, -0.05) is 39.0 Å². The summed E-state index contributed by atoms with van der Waals surface area (Å²) >= 11 is 4.62. The van der Waals surface area contributed by atoms with E-state index in [2.05, 4.69) is 77.5 Å². The maximum absolute atomic E-state index is 4.62. The fourth-order valence-electron chi connectivity index (χ4n) is 1.71. The van der Waals surface area contributed by atoms with Crippen molar-refractivity contribution in [3.63, 3.8) is 0 Å². The lowest BCUT2D eigenvalue weighted by Crippen LogP contribution is -2.17. The first-order valence-electron chi connectivity index (χ1n) is 5.69. The first-order chi connectivity index (χ1) is 7.23. The highest BCUT2D eigenvalue weighted by Gasteiger charge is 2.17. The minimum atomic E-state index is 0.175. The summed E-state index contributed by atoms with van der Waals surface area (Å²) in [5, 5.41) is 0.175. The summed E-state index contributed by atoms with van der Waals surface area (Å²) in [5.74, 6) is 0. The highest BCUT2D eigenvalue weighted by atomic mass is 32.1. The molecule has 0 saturated carbocycles. The molecule has 0 N–H and O–H groups in total. The van der Waals surface area contributed by atoms with Crippen LogP contribution in [-0.4, -0.2) is 19.0 Å². The Bertz CT molecular complexity index is 363. The van der Waals surface area contributed by atoms with Crippen LogP contribution in [0.4, 0.5) is 0 Å². The van der Waals surface area contributed by atoms with Gasteiger partial charge in [-0.05, 0) is 43.1 Å². The minimum Gasteiger partial charge on any atom is -0.294 e. The molecule has 1 aromatic carbocycles. The van der Waals surface area contributed by atoms with Crippen molar-refractivity contribution in [2.45, 2.75) is 38.5 Å². The lowest BCUT2D eigenvalue weighted by molar-refractivity contribution is 0.392. The van der Waals surface area contributed by atoms with E-state index >= 15 is 0 Å². The van der Waals surface area contributed by atoms with Gasteiger partial charge >= 0.3 is 0 Å². The van der Waals surface area contributed by atoms with Crippen LogP contribution in [0.5, 0.6) is 0 Å². The largest absolute Gasteiger partial charge is 0.294 e. The van der Waals surface area contributed by atoms with Crippen molar-refractivity contribution >= 4 is 12.6 Å². The van der Waals surface area contributed by atoms with Gasteiger partial charge in [-0.25, -0.2) is 0 Å². The van der Waals surface area contributed by atoms with Gasteiger partial charge in [0.25, 0.3) is 0 Å². The van der Waals surface area contributed by atoms with Crippen LogP contribution >= 0.6 is 12.6 Å². The van der Waals surface area contributed by atoms with Crippen molar-refractivity contribution < 1.29 is 0 Å². The third-order valence-electron chi connectivity index (χ3n) is 2.90. The molecule has 0 bridgehead atoms. The number of hydrogen-bond donors (Lipinski definition) is 1. The van der Waals surface area contributed by atoms with E-state index in [1.165, 1.54) is 16.7 Å². The fraction of sp³-hybridized carbons (Fsp3) is 0.571. The summed E-state index contributed by atoms with van der Waals surface area (Å²) in [6, 6.07) is 6.70. The standard InChI is InChI=1S/C14H23NS/c1-10-9-11(14(2,3)4)7-8-12(10)13(16)15(5)6/h7-9,13,16H,1-6H3. The summed E-state index contributed by atoms with van der Waals surface area (Å²) in [6.07, 6.45) is 0.